The molecule has 2 heterocycles. The Labute approximate surface area is 106 Å². The molecule has 3 heteroatoms. The van der Waals surface area contributed by atoms with E-state index in [1.807, 2.05) is 30.3 Å². The van der Waals surface area contributed by atoms with Gasteiger partial charge in [0, 0.05) is 11.6 Å². The maximum atomic E-state index is 12.0. The molecule has 1 aromatic carbocycles. The van der Waals surface area contributed by atoms with Crippen LogP contribution in [0.15, 0.2) is 48.0 Å². The van der Waals surface area contributed by atoms with E-state index in [1.165, 1.54) is 0 Å². The Morgan fingerprint density at radius 1 is 1.39 bits per heavy atom. The van der Waals surface area contributed by atoms with Gasteiger partial charge in [0.15, 0.2) is 5.54 Å². The fraction of sp³-hybridized carbons (Fsp3) is 0.333. The first-order chi connectivity index (χ1) is 8.76. The summed E-state index contributed by atoms with van der Waals surface area (Å²) in [5.74, 6) is -0.190. The SMILES string of the molecule is C=C[C@@H]1COC(=O)[C@@]12CCC(c1ccccc1)=N2. The molecular weight excluding hydrogens is 226 g/mol. The monoisotopic (exact) mass is 241 g/mol. The molecule has 2 aliphatic rings. The highest BCUT2D eigenvalue weighted by molar-refractivity contribution is 6.05. The second-order valence-corrected chi connectivity index (χ2v) is 4.79. The molecule has 1 aromatic rings. The molecule has 0 unspecified atom stereocenters. The number of hydrogen-bond acceptors (Lipinski definition) is 3. The normalized spacial score (nSPS) is 30.3. The Morgan fingerprint density at radius 2 is 2.17 bits per heavy atom. The number of ether oxygens (including phenoxy) is 1. The predicted octanol–water partition coefficient (Wildman–Crippen LogP) is 2.37. The Morgan fingerprint density at radius 3 is 2.89 bits per heavy atom. The van der Waals surface area contributed by atoms with Crippen molar-refractivity contribution in [3.8, 4) is 0 Å². The van der Waals surface area contributed by atoms with E-state index < -0.39 is 5.54 Å². The second kappa shape index (κ2) is 4.09. The first-order valence-corrected chi connectivity index (χ1v) is 6.20. The van der Waals surface area contributed by atoms with Crippen molar-refractivity contribution < 1.29 is 9.53 Å². The summed E-state index contributed by atoms with van der Waals surface area (Å²) in [5.41, 5.74) is 1.39. The molecule has 2 aliphatic heterocycles. The third kappa shape index (κ3) is 1.50. The van der Waals surface area contributed by atoms with Crippen LogP contribution in [0.5, 0.6) is 0 Å². The highest BCUT2D eigenvalue weighted by Gasteiger charge is 2.53. The van der Waals surface area contributed by atoms with Crippen LogP contribution < -0.4 is 0 Å². The molecule has 0 bridgehead atoms. The number of cyclic esters (lactones) is 1. The van der Waals surface area contributed by atoms with Crippen molar-refractivity contribution >= 4 is 11.7 Å². The third-order valence-corrected chi connectivity index (χ3v) is 3.83. The van der Waals surface area contributed by atoms with Gasteiger partial charge in [-0.15, -0.1) is 6.58 Å². The van der Waals surface area contributed by atoms with Crippen LogP contribution in [0.2, 0.25) is 0 Å². The fourth-order valence-corrected chi connectivity index (χ4v) is 2.76. The van der Waals surface area contributed by atoms with Crippen LogP contribution in [0.1, 0.15) is 18.4 Å². The van der Waals surface area contributed by atoms with E-state index in [1.54, 1.807) is 6.08 Å². The number of esters is 1. The Hall–Kier alpha value is -1.90. The number of rotatable bonds is 2. The zero-order valence-corrected chi connectivity index (χ0v) is 10.1. The molecule has 3 nitrogen and oxygen atoms in total. The largest absolute Gasteiger partial charge is 0.463 e. The molecule has 1 fully saturated rings. The van der Waals surface area contributed by atoms with Crippen LogP contribution in [0, 0.1) is 5.92 Å². The highest BCUT2D eigenvalue weighted by Crippen LogP contribution is 2.40. The molecular formula is C15H15NO2. The van der Waals surface area contributed by atoms with Gasteiger partial charge in [0.1, 0.15) is 6.61 Å². The first kappa shape index (κ1) is 11.2. The maximum Gasteiger partial charge on any atom is 0.334 e. The lowest BCUT2D eigenvalue weighted by Gasteiger charge is -2.19. The summed E-state index contributed by atoms with van der Waals surface area (Å²) in [7, 11) is 0. The van der Waals surface area contributed by atoms with Crippen molar-refractivity contribution in [1.82, 2.24) is 0 Å². The molecule has 0 N–H and O–H groups in total. The molecule has 0 amide bonds. The Balaban J connectivity index is 2.00. The Kier molecular flexibility index (Phi) is 2.54. The zero-order chi connectivity index (χ0) is 12.6. The molecule has 0 aromatic heterocycles. The van der Waals surface area contributed by atoms with Gasteiger partial charge in [-0.25, -0.2) is 4.79 Å². The van der Waals surface area contributed by atoms with Crippen molar-refractivity contribution in [3.63, 3.8) is 0 Å². The molecule has 0 saturated carbocycles. The summed E-state index contributed by atoms with van der Waals surface area (Å²) in [6, 6.07) is 10.0. The van der Waals surface area contributed by atoms with Crippen molar-refractivity contribution in [2.24, 2.45) is 10.9 Å². The molecule has 0 radical (unpaired) electrons. The minimum atomic E-state index is -0.701. The molecule has 92 valence electrons. The minimum absolute atomic E-state index is 0.00575. The van der Waals surface area contributed by atoms with E-state index in [-0.39, 0.29) is 11.9 Å². The fourth-order valence-electron chi connectivity index (χ4n) is 2.76. The van der Waals surface area contributed by atoms with E-state index in [2.05, 4.69) is 6.58 Å². The van der Waals surface area contributed by atoms with Gasteiger partial charge < -0.3 is 4.74 Å². The molecule has 1 spiro atoms. The number of carbonyl (C=O) groups is 1. The van der Waals surface area contributed by atoms with Gasteiger partial charge >= 0.3 is 5.97 Å². The number of hydrogen-bond donors (Lipinski definition) is 0. The van der Waals surface area contributed by atoms with E-state index in [0.717, 1.165) is 24.1 Å². The summed E-state index contributed by atoms with van der Waals surface area (Å²) >= 11 is 0. The van der Waals surface area contributed by atoms with Crippen LogP contribution in [0.25, 0.3) is 0 Å². The van der Waals surface area contributed by atoms with Gasteiger partial charge in [-0.3, -0.25) is 4.99 Å². The van der Waals surface area contributed by atoms with Gasteiger partial charge in [0.2, 0.25) is 0 Å². The van der Waals surface area contributed by atoms with Crippen LogP contribution in [0.3, 0.4) is 0 Å². The van der Waals surface area contributed by atoms with Crippen LogP contribution >= 0.6 is 0 Å². The van der Waals surface area contributed by atoms with Gasteiger partial charge in [-0.05, 0) is 18.4 Å². The van der Waals surface area contributed by atoms with E-state index in [0.29, 0.717) is 6.61 Å². The van der Waals surface area contributed by atoms with Gasteiger partial charge in [0.25, 0.3) is 0 Å². The van der Waals surface area contributed by atoms with Crippen LogP contribution in [-0.2, 0) is 9.53 Å². The summed E-state index contributed by atoms with van der Waals surface area (Å²) < 4.78 is 5.16. The standard InChI is InChI=1S/C15H15NO2/c1-2-12-10-18-14(17)15(12)9-8-13(16-15)11-6-4-3-5-7-11/h2-7,12H,1,8-10H2/t12-,15-/m1/s1. The molecule has 2 atom stereocenters. The summed E-state index contributed by atoms with van der Waals surface area (Å²) in [5, 5.41) is 0. The topological polar surface area (TPSA) is 38.7 Å². The zero-order valence-electron chi connectivity index (χ0n) is 10.1. The van der Waals surface area contributed by atoms with Gasteiger partial charge in [0.05, 0.1) is 0 Å². The summed E-state index contributed by atoms with van der Waals surface area (Å²) in [6.45, 7) is 4.20. The van der Waals surface area contributed by atoms with Crippen LogP contribution in [-0.4, -0.2) is 23.8 Å². The lowest BCUT2D eigenvalue weighted by atomic mass is 9.85. The van der Waals surface area contributed by atoms with E-state index in [9.17, 15) is 4.79 Å². The Bertz CT molecular complexity index is 521. The number of carbonyl (C=O) groups excluding carboxylic acids is 1. The molecule has 3 rings (SSSR count). The highest BCUT2D eigenvalue weighted by atomic mass is 16.5. The lowest BCUT2D eigenvalue weighted by molar-refractivity contribution is -0.142. The maximum absolute atomic E-state index is 12.0. The van der Waals surface area contributed by atoms with Crippen molar-refractivity contribution in [1.29, 1.82) is 0 Å². The van der Waals surface area contributed by atoms with Crippen LogP contribution in [0.4, 0.5) is 0 Å². The lowest BCUT2D eigenvalue weighted by Crippen LogP contribution is -2.35. The minimum Gasteiger partial charge on any atom is -0.463 e. The smallest absolute Gasteiger partial charge is 0.334 e. The number of nitrogens with zero attached hydrogens (tertiary/aromatic N) is 1. The average molecular weight is 241 g/mol. The quantitative estimate of drug-likeness (QED) is 0.589. The summed E-state index contributed by atoms with van der Waals surface area (Å²) in [6.07, 6.45) is 3.35. The van der Waals surface area contributed by atoms with E-state index in [4.69, 9.17) is 9.73 Å². The number of aliphatic imine (C=N–C) groups is 1. The van der Waals surface area contributed by atoms with Gasteiger partial charge in [-0.2, -0.15) is 0 Å². The van der Waals surface area contributed by atoms with E-state index >= 15 is 0 Å². The number of benzene rings is 1. The van der Waals surface area contributed by atoms with Crippen molar-refractivity contribution in [3.05, 3.63) is 48.6 Å². The first-order valence-electron chi connectivity index (χ1n) is 6.20. The third-order valence-electron chi connectivity index (χ3n) is 3.83. The predicted molar refractivity (Wildman–Crippen MR) is 69.6 cm³/mol. The van der Waals surface area contributed by atoms with Gasteiger partial charge in [-0.1, -0.05) is 36.4 Å². The summed E-state index contributed by atoms with van der Waals surface area (Å²) in [4.78, 5) is 16.7. The molecule has 0 aliphatic carbocycles. The average Bonchev–Trinajstić information content (AvgIpc) is 2.98. The molecule has 18 heavy (non-hydrogen) atoms. The second-order valence-electron chi connectivity index (χ2n) is 4.79. The molecule has 1 saturated heterocycles. The van der Waals surface area contributed by atoms with Crippen molar-refractivity contribution in [2.45, 2.75) is 18.4 Å². The van der Waals surface area contributed by atoms with Crippen molar-refractivity contribution in [2.75, 3.05) is 6.61 Å².